The lowest BCUT2D eigenvalue weighted by atomic mass is 10.0. The number of rotatable bonds is 41. The van der Waals surface area contributed by atoms with Crippen molar-refractivity contribution in [1.29, 1.82) is 0 Å². The number of ether oxygens (including phenoxy) is 2. The topological polar surface area (TPSA) is 72.8 Å². The van der Waals surface area contributed by atoms with E-state index >= 15 is 0 Å². The summed E-state index contributed by atoms with van der Waals surface area (Å²) in [4.78, 5) is 24.3. The van der Waals surface area contributed by atoms with Crippen LogP contribution in [-0.4, -0.2) is 36.4 Å². The molecule has 0 heterocycles. The molecule has 0 saturated carbocycles. The van der Waals surface area contributed by atoms with Gasteiger partial charge >= 0.3 is 11.9 Å². The summed E-state index contributed by atoms with van der Waals surface area (Å²) >= 11 is 0. The Labute approximate surface area is 323 Å². The monoisotopic (exact) mass is 731 g/mol. The number of allylic oxidation sites excluding steroid dienone is 6. The standard InChI is InChI=1S/C47H86O5/c1-3-5-7-9-11-13-15-17-19-21-22-23-24-26-28-30-32-34-36-38-40-42-47(50)52-45(43-48)44-51-46(49)41-39-37-35-33-31-29-27-25-20-18-16-14-12-10-8-6-4-2/h12,14,17-20,45,48H,3-11,13,15-16,21-44H2,1-2H3. The first-order valence-corrected chi connectivity index (χ1v) is 22.5. The molecule has 0 bridgehead atoms. The van der Waals surface area contributed by atoms with E-state index in [1.165, 1.54) is 154 Å². The number of hydrogen-bond acceptors (Lipinski definition) is 5. The lowest BCUT2D eigenvalue weighted by Crippen LogP contribution is -2.28. The van der Waals surface area contributed by atoms with E-state index in [-0.39, 0.29) is 25.2 Å². The maximum absolute atomic E-state index is 12.2. The largest absolute Gasteiger partial charge is 0.462 e. The van der Waals surface area contributed by atoms with Gasteiger partial charge in [0.15, 0.2) is 6.10 Å². The zero-order valence-electron chi connectivity index (χ0n) is 34.6. The van der Waals surface area contributed by atoms with Crippen LogP contribution in [0.15, 0.2) is 36.5 Å². The number of aliphatic hydroxyl groups excluding tert-OH is 1. The SMILES string of the molecule is CCCCCC=CCC=CCCCCCCCCCC(=O)OCC(CO)OC(=O)CCCCCCCCCCCCCC=CCCCCCCCC. The van der Waals surface area contributed by atoms with Crippen molar-refractivity contribution in [3.8, 4) is 0 Å². The van der Waals surface area contributed by atoms with Crippen LogP contribution in [-0.2, 0) is 19.1 Å². The molecule has 5 nitrogen and oxygen atoms in total. The summed E-state index contributed by atoms with van der Waals surface area (Å²) in [6.07, 6.45) is 53.6. The molecular weight excluding hydrogens is 645 g/mol. The quantitative estimate of drug-likeness (QED) is 0.0385. The molecule has 304 valence electrons. The molecule has 0 saturated heterocycles. The highest BCUT2D eigenvalue weighted by molar-refractivity contribution is 5.70. The summed E-state index contributed by atoms with van der Waals surface area (Å²) in [7, 11) is 0. The van der Waals surface area contributed by atoms with Crippen LogP contribution in [0.5, 0.6) is 0 Å². The van der Waals surface area contributed by atoms with E-state index in [9.17, 15) is 14.7 Å². The molecule has 0 aromatic carbocycles. The van der Waals surface area contributed by atoms with E-state index in [4.69, 9.17) is 9.47 Å². The Bertz CT molecular complexity index is 832. The lowest BCUT2D eigenvalue weighted by molar-refractivity contribution is -0.161. The van der Waals surface area contributed by atoms with Gasteiger partial charge in [0, 0.05) is 12.8 Å². The lowest BCUT2D eigenvalue weighted by Gasteiger charge is -2.15. The van der Waals surface area contributed by atoms with Gasteiger partial charge in [0.05, 0.1) is 6.61 Å². The second-order valence-corrected chi connectivity index (χ2v) is 15.1. The molecule has 0 rings (SSSR count). The van der Waals surface area contributed by atoms with Crippen LogP contribution >= 0.6 is 0 Å². The molecule has 0 aliphatic rings. The third kappa shape index (κ3) is 40.9. The van der Waals surface area contributed by atoms with Crippen molar-refractivity contribution in [2.24, 2.45) is 0 Å². The highest BCUT2D eigenvalue weighted by atomic mass is 16.6. The fraction of sp³-hybridized carbons (Fsp3) is 0.830. The van der Waals surface area contributed by atoms with Gasteiger partial charge in [-0.3, -0.25) is 9.59 Å². The van der Waals surface area contributed by atoms with Gasteiger partial charge in [-0.2, -0.15) is 0 Å². The highest BCUT2D eigenvalue weighted by Crippen LogP contribution is 2.15. The predicted molar refractivity (Wildman–Crippen MR) is 224 cm³/mol. The summed E-state index contributed by atoms with van der Waals surface area (Å²) in [5.74, 6) is -0.594. The Hall–Kier alpha value is -1.88. The summed E-state index contributed by atoms with van der Waals surface area (Å²) in [6, 6.07) is 0. The van der Waals surface area contributed by atoms with Crippen molar-refractivity contribution in [1.82, 2.24) is 0 Å². The van der Waals surface area contributed by atoms with Crippen molar-refractivity contribution in [3.63, 3.8) is 0 Å². The molecule has 0 aromatic heterocycles. The highest BCUT2D eigenvalue weighted by Gasteiger charge is 2.16. The molecule has 0 spiro atoms. The zero-order valence-corrected chi connectivity index (χ0v) is 34.6. The second-order valence-electron chi connectivity index (χ2n) is 15.1. The Morgan fingerprint density at radius 3 is 1.19 bits per heavy atom. The van der Waals surface area contributed by atoms with E-state index in [2.05, 4.69) is 50.3 Å². The van der Waals surface area contributed by atoms with E-state index in [1.54, 1.807) is 0 Å². The van der Waals surface area contributed by atoms with Crippen molar-refractivity contribution < 1.29 is 24.2 Å². The second kappa shape index (κ2) is 43.5. The Kier molecular flexibility index (Phi) is 42.0. The Balaban J connectivity index is 3.52. The first kappa shape index (κ1) is 50.1. The molecule has 1 unspecified atom stereocenters. The van der Waals surface area contributed by atoms with Gasteiger partial charge in [0.25, 0.3) is 0 Å². The molecule has 0 radical (unpaired) electrons. The molecule has 52 heavy (non-hydrogen) atoms. The van der Waals surface area contributed by atoms with Crippen LogP contribution in [0.2, 0.25) is 0 Å². The van der Waals surface area contributed by atoms with Crippen LogP contribution in [0.4, 0.5) is 0 Å². The minimum Gasteiger partial charge on any atom is -0.462 e. The molecule has 0 fully saturated rings. The van der Waals surface area contributed by atoms with Crippen LogP contribution < -0.4 is 0 Å². The number of carbonyl (C=O) groups excluding carboxylic acids is 2. The average Bonchev–Trinajstić information content (AvgIpc) is 3.15. The summed E-state index contributed by atoms with van der Waals surface area (Å²) in [5.41, 5.74) is 0. The van der Waals surface area contributed by atoms with Gasteiger partial charge in [-0.05, 0) is 70.6 Å². The molecule has 0 aliphatic heterocycles. The van der Waals surface area contributed by atoms with Gasteiger partial charge in [0.1, 0.15) is 6.61 Å². The van der Waals surface area contributed by atoms with Crippen LogP contribution in [0.25, 0.3) is 0 Å². The molecular formula is C47H86O5. The molecule has 1 N–H and O–H groups in total. The maximum Gasteiger partial charge on any atom is 0.306 e. The van der Waals surface area contributed by atoms with Gasteiger partial charge < -0.3 is 14.6 Å². The molecule has 0 amide bonds. The summed E-state index contributed by atoms with van der Waals surface area (Å²) < 4.78 is 10.6. The average molecular weight is 731 g/mol. The van der Waals surface area contributed by atoms with Crippen molar-refractivity contribution in [2.75, 3.05) is 13.2 Å². The van der Waals surface area contributed by atoms with Crippen LogP contribution in [0.1, 0.15) is 232 Å². The van der Waals surface area contributed by atoms with E-state index in [1.807, 2.05) is 0 Å². The third-order valence-corrected chi connectivity index (χ3v) is 9.91. The van der Waals surface area contributed by atoms with Gasteiger partial charge in [-0.1, -0.05) is 185 Å². The smallest absolute Gasteiger partial charge is 0.306 e. The van der Waals surface area contributed by atoms with Gasteiger partial charge in [-0.25, -0.2) is 0 Å². The minimum atomic E-state index is -0.773. The molecule has 5 heteroatoms. The number of hydrogen-bond donors (Lipinski definition) is 1. The van der Waals surface area contributed by atoms with Gasteiger partial charge in [0.2, 0.25) is 0 Å². The molecule has 0 aromatic rings. The summed E-state index contributed by atoms with van der Waals surface area (Å²) in [6.45, 7) is 4.12. The number of aliphatic hydroxyl groups is 1. The number of unbranched alkanes of at least 4 members (excludes halogenated alkanes) is 27. The van der Waals surface area contributed by atoms with Crippen LogP contribution in [0.3, 0.4) is 0 Å². The Morgan fingerprint density at radius 1 is 0.442 bits per heavy atom. The van der Waals surface area contributed by atoms with Crippen LogP contribution in [0, 0.1) is 0 Å². The normalized spacial score (nSPS) is 12.4. The zero-order chi connectivity index (χ0) is 37.8. The maximum atomic E-state index is 12.2. The van der Waals surface area contributed by atoms with Crippen molar-refractivity contribution in [3.05, 3.63) is 36.5 Å². The minimum absolute atomic E-state index is 0.0683. The number of esters is 2. The summed E-state index contributed by atoms with van der Waals surface area (Å²) in [5, 5.41) is 9.59. The number of carbonyl (C=O) groups is 2. The predicted octanol–water partition coefficient (Wildman–Crippen LogP) is 14.4. The first-order chi connectivity index (χ1) is 25.6. The van der Waals surface area contributed by atoms with E-state index in [0.29, 0.717) is 12.8 Å². The third-order valence-electron chi connectivity index (χ3n) is 9.91. The van der Waals surface area contributed by atoms with Gasteiger partial charge in [-0.15, -0.1) is 0 Å². The fourth-order valence-corrected chi connectivity index (χ4v) is 6.46. The first-order valence-electron chi connectivity index (χ1n) is 22.5. The molecule has 1 atom stereocenters. The van der Waals surface area contributed by atoms with E-state index < -0.39 is 6.10 Å². The fourth-order valence-electron chi connectivity index (χ4n) is 6.46. The molecule has 0 aliphatic carbocycles. The van der Waals surface area contributed by atoms with E-state index in [0.717, 1.165) is 51.4 Å². The van der Waals surface area contributed by atoms with Crippen molar-refractivity contribution in [2.45, 2.75) is 238 Å². The van der Waals surface area contributed by atoms with Crippen molar-refractivity contribution >= 4 is 11.9 Å². The Morgan fingerprint density at radius 2 is 0.769 bits per heavy atom.